The predicted octanol–water partition coefficient (Wildman–Crippen LogP) is 4.94. The van der Waals surface area contributed by atoms with E-state index in [0.29, 0.717) is 45.4 Å². The molecular formula is C23H25BrN4O4S. The maximum absolute atomic E-state index is 12.6. The summed E-state index contributed by atoms with van der Waals surface area (Å²) in [5, 5.41) is 2.76. The Labute approximate surface area is 202 Å². The van der Waals surface area contributed by atoms with Crippen molar-refractivity contribution in [2.45, 2.75) is 32.6 Å². The van der Waals surface area contributed by atoms with Gasteiger partial charge in [-0.25, -0.2) is 23.1 Å². The summed E-state index contributed by atoms with van der Waals surface area (Å²) in [6, 6.07) is 12.7. The highest BCUT2D eigenvalue weighted by atomic mass is 79.9. The van der Waals surface area contributed by atoms with E-state index in [1.807, 2.05) is 0 Å². The molecule has 8 nitrogen and oxygen atoms in total. The molecule has 0 atom stereocenters. The molecule has 174 valence electrons. The van der Waals surface area contributed by atoms with Crippen LogP contribution in [-0.4, -0.2) is 30.9 Å². The zero-order valence-electron chi connectivity index (χ0n) is 18.7. The van der Waals surface area contributed by atoms with Crippen LogP contribution < -0.4 is 14.8 Å². The molecule has 1 aromatic heterocycles. The lowest BCUT2D eigenvalue weighted by molar-refractivity contribution is 0.102. The summed E-state index contributed by atoms with van der Waals surface area (Å²) in [4.78, 5) is 20.8. The van der Waals surface area contributed by atoms with Gasteiger partial charge in [0.25, 0.3) is 15.9 Å². The van der Waals surface area contributed by atoms with Crippen LogP contribution in [0.15, 0.2) is 57.9 Å². The van der Waals surface area contributed by atoms with E-state index in [9.17, 15) is 13.2 Å². The molecule has 3 aromatic rings. The minimum atomic E-state index is -3.87. The molecule has 2 aromatic carbocycles. The quantitative estimate of drug-likeness (QED) is 0.424. The number of aromatic nitrogens is 2. The Bertz CT molecular complexity index is 1240. The van der Waals surface area contributed by atoms with E-state index in [-0.39, 0.29) is 16.8 Å². The molecule has 0 saturated heterocycles. The molecule has 1 amide bonds. The van der Waals surface area contributed by atoms with E-state index in [4.69, 9.17) is 4.74 Å². The van der Waals surface area contributed by atoms with Crippen molar-refractivity contribution in [2.24, 2.45) is 5.92 Å². The van der Waals surface area contributed by atoms with E-state index in [1.165, 1.54) is 24.3 Å². The molecular weight excluding hydrogens is 508 g/mol. The van der Waals surface area contributed by atoms with Gasteiger partial charge in [-0.05, 0) is 84.2 Å². The number of carbonyl (C=O) groups is 1. The lowest BCUT2D eigenvalue weighted by Gasteiger charge is -2.12. The molecule has 0 unspecified atom stereocenters. The van der Waals surface area contributed by atoms with Gasteiger partial charge in [-0.2, -0.15) is 0 Å². The Hall–Kier alpha value is -2.98. The lowest BCUT2D eigenvalue weighted by Crippen LogP contribution is -2.16. The number of nitrogens with one attached hydrogen (secondary N) is 2. The van der Waals surface area contributed by atoms with E-state index in [0.717, 1.165) is 0 Å². The third-order valence-electron chi connectivity index (χ3n) is 4.40. The van der Waals surface area contributed by atoms with Gasteiger partial charge in [0.2, 0.25) is 5.95 Å². The summed E-state index contributed by atoms with van der Waals surface area (Å²) in [5.74, 6) is 0.727. The molecule has 0 saturated carbocycles. The van der Waals surface area contributed by atoms with Gasteiger partial charge in [-0.1, -0.05) is 13.8 Å². The number of benzene rings is 2. The average molecular weight is 533 g/mol. The number of nitrogens with zero attached hydrogens (tertiary/aromatic N) is 2. The number of halogens is 1. The minimum Gasteiger partial charge on any atom is -0.492 e. The Kier molecular flexibility index (Phi) is 7.70. The number of hydrogen-bond acceptors (Lipinski definition) is 6. The predicted molar refractivity (Wildman–Crippen MR) is 131 cm³/mol. The van der Waals surface area contributed by atoms with E-state index < -0.39 is 10.0 Å². The normalized spacial score (nSPS) is 11.3. The fourth-order valence-electron chi connectivity index (χ4n) is 2.89. The maximum atomic E-state index is 12.6. The largest absolute Gasteiger partial charge is 0.492 e. The molecule has 0 fully saturated rings. The van der Waals surface area contributed by atoms with Crippen molar-refractivity contribution in [3.8, 4) is 5.75 Å². The SMILES string of the molecule is Cc1cc(C)nc(NS(=O)(=O)c2ccc(NC(=O)c3ccc(OCC(C)C)c(Br)c3)cc2)n1. The van der Waals surface area contributed by atoms with Crippen LogP contribution in [0.1, 0.15) is 35.6 Å². The summed E-state index contributed by atoms with van der Waals surface area (Å²) in [7, 11) is -3.87. The Morgan fingerprint density at radius 1 is 1.03 bits per heavy atom. The van der Waals surface area contributed by atoms with Gasteiger partial charge in [0.05, 0.1) is 16.0 Å². The molecule has 0 aliphatic rings. The summed E-state index contributed by atoms with van der Waals surface area (Å²) < 4.78 is 34.1. The zero-order valence-corrected chi connectivity index (χ0v) is 21.1. The van der Waals surface area contributed by atoms with Crippen molar-refractivity contribution in [3.63, 3.8) is 0 Å². The number of ether oxygens (including phenoxy) is 1. The number of hydrogen-bond donors (Lipinski definition) is 2. The first-order chi connectivity index (χ1) is 15.5. The van der Waals surface area contributed by atoms with Gasteiger partial charge >= 0.3 is 0 Å². The first kappa shape index (κ1) is 24.7. The number of amides is 1. The third kappa shape index (κ3) is 6.75. The molecule has 1 heterocycles. The van der Waals surface area contributed by atoms with Crippen molar-refractivity contribution in [1.29, 1.82) is 0 Å². The highest BCUT2D eigenvalue weighted by molar-refractivity contribution is 9.10. The molecule has 0 radical (unpaired) electrons. The first-order valence-corrected chi connectivity index (χ1v) is 12.5. The smallest absolute Gasteiger partial charge is 0.264 e. The second-order valence-corrected chi connectivity index (χ2v) is 10.4. The van der Waals surface area contributed by atoms with Crippen molar-refractivity contribution in [1.82, 2.24) is 9.97 Å². The second kappa shape index (κ2) is 10.3. The summed E-state index contributed by atoms with van der Waals surface area (Å²) in [5.41, 5.74) is 2.20. The Balaban J connectivity index is 1.68. The molecule has 0 spiro atoms. The number of anilines is 2. The molecule has 3 rings (SSSR count). The first-order valence-electron chi connectivity index (χ1n) is 10.2. The van der Waals surface area contributed by atoms with Crippen molar-refractivity contribution in [2.75, 3.05) is 16.6 Å². The number of sulfonamides is 1. The second-order valence-electron chi connectivity index (χ2n) is 7.91. The van der Waals surface area contributed by atoms with Gasteiger partial charge in [-0.3, -0.25) is 4.79 Å². The van der Waals surface area contributed by atoms with Gasteiger partial charge in [0, 0.05) is 22.6 Å². The van der Waals surface area contributed by atoms with Crippen LogP contribution in [0, 0.1) is 19.8 Å². The number of rotatable bonds is 8. The summed E-state index contributed by atoms with van der Waals surface area (Å²) in [6.07, 6.45) is 0. The third-order valence-corrected chi connectivity index (χ3v) is 6.36. The van der Waals surface area contributed by atoms with Crippen LogP contribution in [0.5, 0.6) is 5.75 Å². The molecule has 33 heavy (non-hydrogen) atoms. The fourth-order valence-corrected chi connectivity index (χ4v) is 4.32. The van der Waals surface area contributed by atoms with Gasteiger partial charge in [-0.15, -0.1) is 0 Å². The van der Waals surface area contributed by atoms with Crippen LogP contribution >= 0.6 is 15.9 Å². The van der Waals surface area contributed by atoms with Crippen molar-refractivity contribution < 1.29 is 17.9 Å². The van der Waals surface area contributed by atoms with Crippen LogP contribution in [0.3, 0.4) is 0 Å². The molecule has 0 aliphatic carbocycles. The maximum Gasteiger partial charge on any atom is 0.264 e. The van der Waals surface area contributed by atoms with Crippen LogP contribution in [0.2, 0.25) is 0 Å². The topological polar surface area (TPSA) is 110 Å². The van der Waals surface area contributed by atoms with Gasteiger partial charge in [0.15, 0.2) is 0 Å². The van der Waals surface area contributed by atoms with E-state index in [2.05, 4.69) is 49.8 Å². The van der Waals surface area contributed by atoms with Crippen molar-refractivity contribution >= 4 is 43.5 Å². The highest BCUT2D eigenvalue weighted by Crippen LogP contribution is 2.27. The lowest BCUT2D eigenvalue weighted by atomic mass is 10.2. The van der Waals surface area contributed by atoms with Gasteiger partial charge < -0.3 is 10.1 Å². The minimum absolute atomic E-state index is 0.0104. The van der Waals surface area contributed by atoms with Crippen LogP contribution in [-0.2, 0) is 10.0 Å². The number of carbonyl (C=O) groups excluding carboxylic acids is 1. The molecule has 2 N–H and O–H groups in total. The zero-order chi connectivity index (χ0) is 24.2. The fraction of sp³-hybridized carbons (Fsp3) is 0.261. The standard InChI is InChI=1S/C23H25BrN4O4S/c1-14(2)13-32-21-10-5-17(12-20(21)24)22(29)27-18-6-8-19(9-7-18)33(30,31)28-23-25-15(3)11-16(4)26-23/h5-12,14H,13H2,1-4H3,(H,27,29)(H,25,26,28). The van der Waals surface area contributed by atoms with E-state index in [1.54, 1.807) is 38.1 Å². The van der Waals surface area contributed by atoms with E-state index >= 15 is 0 Å². The Morgan fingerprint density at radius 3 is 2.24 bits per heavy atom. The summed E-state index contributed by atoms with van der Waals surface area (Å²) >= 11 is 3.43. The average Bonchev–Trinajstić information content (AvgIpc) is 2.72. The molecule has 0 bridgehead atoms. The highest BCUT2D eigenvalue weighted by Gasteiger charge is 2.17. The number of aryl methyl sites for hydroxylation is 2. The molecule has 10 heteroatoms. The summed E-state index contributed by atoms with van der Waals surface area (Å²) in [6.45, 7) is 8.20. The van der Waals surface area contributed by atoms with Crippen LogP contribution in [0.25, 0.3) is 0 Å². The molecule has 0 aliphatic heterocycles. The van der Waals surface area contributed by atoms with Gasteiger partial charge in [0.1, 0.15) is 5.75 Å². The van der Waals surface area contributed by atoms with Crippen molar-refractivity contribution in [3.05, 3.63) is 70.0 Å². The van der Waals surface area contributed by atoms with Crippen LogP contribution in [0.4, 0.5) is 11.6 Å². The Morgan fingerprint density at radius 2 is 1.67 bits per heavy atom. The monoisotopic (exact) mass is 532 g/mol.